The molecule has 228 valence electrons. The SMILES string of the molecule is O=C(O)N1CCO[C@H](C(F)(F)c2cc(Cl)nc(N3CCN(S(=O)(=O)c4ccc(N5CC(CO)OC5=O)cc4)CC3)c2)C1. The van der Waals surface area contributed by atoms with Gasteiger partial charge >= 0.3 is 18.1 Å². The Bertz CT molecular complexity index is 1440. The van der Waals surface area contributed by atoms with E-state index in [-0.39, 0.29) is 68.3 Å². The fraction of sp³-hybridized carbons (Fsp3) is 0.480. The van der Waals surface area contributed by atoms with Crippen LogP contribution in [0.1, 0.15) is 5.56 Å². The van der Waals surface area contributed by atoms with Crippen molar-refractivity contribution in [1.82, 2.24) is 14.2 Å². The number of amides is 2. The van der Waals surface area contributed by atoms with Crippen molar-refractivity contribution in [2.45, 2.75) is 23.0 Å². The molecule has 0 saturated carbocycles. The third-order valence-electron chi connectivity index (χ3n) is 7.33. The van der Waals surface area contributed by atoms with Crippen molar-refractivity contribution >= 4 is 45.3 Å². The molecule has 2 N–H and O–H groups in total. The smallest absolute Gasteiger partial charge is 0.414 e. The van der Waals surface area contributed by atoms with Crippen LogP contribution >= 0.6 is 11.6 Å². The summed E-state index contributed by atoms with van der Waals surface area (Å²) in [7, 11) is -3.91. The topological polar surface area (TPSA) is 153 Å². The molecule has 1 aromatic carbocycles. The van der Waals surface area contributed by atoms with E-state index in [9.17, 15) is 28.2 Å². The summed E-state index contributed by atoms with van der Waals surface area (Å²) in [5, 5.41) is 18.2. The van der Waals surface area contributed by atoms with Gasteiger partial charge < -0.3 is 29.5 Å². The minimum atomic E-state index is -3.91. The van der Waals surface area contributed by atoms with Gasteiger partial charge in [-0.2, -0.15) is 13.1 Å². The van der Waals surface area contributed by atoms with E-state index in [0.717, 1.165) is 17.0 Å². The van der Waals surface area contributed by atoms with Crippen LogP contribution in [0.2, 0.25) is 5.15 Å². The maximum Gasteiger partial charge on any atom is 0.414 e. The monoisotopic (exact) mass is 631 g/mol. The second-order valence-corrected chi connectivity index (χ2v) is 12.3. The van der Waals surface area contributed by atoms with Crippen LogP contribution in [0.15, 0.2) is 41.3 Å². The van der Waals surface area contributed by atoms with Crippen molar-refractivity contribution in [2.24, 2.45) is 0 Å². The van der Waals surface area contributed by atoms with E-state index < -0.39 is 52.4 Å². The van der Waals surface area contributed by atoms with Crippen LogP contribution in [0.4, 0.5) is 29.9 Å². The number of hydrogen-bond acceptors (Lipinski definition) is 9. The number of cyclic esters (lactones) is 1. The molecule has 2 amide bonds. The van der Waals surface area contributed by atoms with Crippen LogP contribution in [0.3, 0.4) is 0 Å². The largest absolute Gasteiger partial charge is 0.465 e. The normalized spacial score (nSPS) is 22.4. The van der Waals surface area contributed by atoms with E-state index in [1.54, 1.807) is 4.90 Å². The standard InChI is InChI=1S/C25H28ClF2N5O8S/c26-21-11-16(25(27,28)20-14-31(23(35)36)9-10-40-20)12-22(29-21)30-5-7-32(8-6-30)42(38,39)19-3-1-17(2-4-19)33-13-18(15-34)41-24(33)37/h1-4,11-12,18,20,34H,5-10,13-15H2,(H,35,36)/t18?,20-/m0/s1. The number of carboxylic acid groups (broad SMARTS) is 1. The lowest BCUT2D eigenvalue weighted by Crippen LogP contribution is -2.51. The molecular formula is C25H28ClF2N5O8S. The van der Waals surface area contributed by atoms with Crippen LogP contribution in [-0.2, 0) is 25.4 Å². The lowest BCUT2D eigenvalue weighted by atomic mass is 10.0. The van der Waals surface area contributed by atoms with E-state index in [1.165, 1.54) is 33.5 Å². The molecule has 2 aromatic rings. The van der Waals surface area contributed by atoms with Gasteiger partial charge in [0.15, 0.2) is 0 Å². The molecule has 13 nitrogen and oxygen atoms in total. The summed E-state index contributed by atoms with van der Waals surface area (Å²) in [5.74, 6) is -3.44. The summed E-state index contributed by atoms with van der Waals surface area (Å²) in [5.41, 5.74) is -0.0641. The number of piperazine rings is 1. The minimum Gasteiger partial charge on any atom is -0.465 e. The number of benzene rings is 1. The average molecular weight is 632 g/mol. The molecule has 5 rings (SSSR count). The molecule has 4 heterocycles. The van der Waals surface area contributed by atoms with Crippen molar-refractivity contribution in [2.75, 3.05) is 68.8 Å². The summed E-state index contributed by atoms with van der Waals surface area (Å²) < 4.78 is 68.9. The number of sulfonamides is 1. The Kier molecular flexibility index (Phi) is 8.44. The van der Waals surface area contributed by atoms with Crippen molar-refractivity contribution in [1.29, 1.82) is 0 Å². The Labute approximate surface area is 244 Å². The van der Waals surface area contributed by atoms with Crippen LogP contribution in [0, 0.1) is 0 Å². The predicted octanol–water partition coefficient (Wildman–Crippen LogP) is 2.03. The lowest BCUT2D eigenvalue weighted by Gasteiger charge is -2.37. The maximum atomic E-state index is 15.4. The van der Waals surface area contributed by atoms with Crippen LogP contribution in [0.25, 0.3) is 0 Å². The fourth-order valence-electron chi connectivity index (χ4n) is 5.00. The number of aromatic nitrogens is 1. The number of alkyl halides is 2. The summed E-state index contributed by atoms with van der Waals surface area (Å²) in [6.45, 7) is -0.514. The van der Waals surface area contributed by atoms with Gasteiger partial charge in [0, 0.05) is 44.0 Å². The number of carbonyl (C=O) groups is 2. The molecule has 0 bridgehead atoms. The third kappa shape index (κ3) is 5.94. The van der Waals surface area contributed by atoms with E-state index in [0.29, 0.717) is 5.69 Å². The molecule has 3 aliphatic rings. The number of aliphatic hydroxyl groups excluding tert-OH is 1. The highest BCUT2D eigenvalue weighted by atomic mass is 35.5. The Balaban J connectivity index is 1.26. The number of hydrogen-bond donors (Lipinski definition) is 2. The first-order chi connectivity index (χ1) is 19.9. The highest BCUT2D eigenvalue weighted by Crippen LogP contribution is 2.38. The molecule has 0 spiro atoms. The van der Waals surface area contributed by atoms with E-state index >= 15 is 8.78 Å². The maximum absolute atomic E-state index is 15.4. The first-order valence-electron chi connectivity index (χ1n) is 13.0. The van der Waals surface area contributed by atoms with Crippen LogP contribution < -0.4 is 9.80 Å². The number of carbonyl (C=O) groups excluding carboxylic acids is 1. The molecule has 0 aliphatic carbocycles. The van der Waals surface area contributed by atoms with Gasteiger partial charge in [0.25, 0.3) is 0 Å². The molecule has 3 fully saturated rings. The quantitative estimate of drug-likeness (QED) is 0.434. The number of halogens is 3. The van der Waals surface area contributed by atoms with Gasteiger partial charge in [-0.25, -0.2) is 23.0 Å². The molecule has 3 saturated heterocycles. The number of nitrogens with zero attached hydrogens (tertiary/aromatic N) is 5. The highest BCUT2D eigenvalue weighted by molar-refractivity contribution is 7.89. The van der Waals surface area contributed by atoms with Crippen molar-refractivity contribution < 1.29 is 46.5 Å². The summed E-state index contributed by atoms with van der Waals surface area (Å²) in [4.78, 5) is 31.3. The van der Waals surface area contributed by atoms with Gasteiger partial charge in [0.2, 0.25) is 10.0 Å². The predicted molar refractivity (Wildman–Crippen MR) is 145 cm³/mol. The van der Waals surface area contributed by atoms with Crippen LogP contribution in [-0.4, -0.2) is 116 Å². The average Bonchev–Trinajstić information content (AvgIpc) is 3.37. The van der Waals surface area contributed by atoms with E-state index in [2.05, 4.69) is 4.98 Å². The number of aliphatic hydroxyl groups is 1. The fourth-order valence-corrected chi connectivity index (χ4v) is 6.62. The van der Waals surface area contributed by atoms with Gasteiger partial charge in [0.05, 0.1) is 31.2 Å². The molecule has 17 heteroatoms. The van der Waals surface area contributed by atoms with Gasteiger partial charge in [-0.3, -0.25) is 4.90 Å². The lowest BCUT2D eigenvalue weighted by molar-refractivity contribution is -0.168. The molecule has 0 radical (unpaired) electrons. The minimum absolute atomic E-state index is 0.0108. The summed E-state index contributed by atoms with van der Waals surface area (Å²) >= 11 is 6.09. The number of morpholine rings is 1. The summed E-state index contributed by atoms with van der Waals surface area (Å²) in [6.07, 6.45) is -4.32. The van der Waals surface area contributed by atoms with Gasteiger partial charge in [-0.05, 0) is 36.4 Å². The Morgan fingerprint density at radius 1 is 1.10 bits per heavy atom. The van der Waals surface area contributed by atoms with Crippen molar-refractivity contribution in [3.63, 3.8) is 0 Å². The second-order valence-electron chi connectivity index (χ2n) is 9.93. The third-order valence-corrected chi connectivity index (χ3v) is 9.44. The number of pyridine rings is 1. The Morgan fingerprint density at radius 2 is 1.79 bits per heavy atom. The van der Waals surface area contributed by atoms with Crippen LogP contribution in [0.5, 0.6) is 0 Å². The summed E-state index contributed by atoms with van der Waals surface area (Å²) in [6, 6.07) is 7.87. The molecule has 2 atom stereocenters. The number of ether oxygens (including phenoxy) is 2. The van der Waals surface area contributed by atoms with Gasteiger partial charge in [0.1, 0.15) is 23.2 Å². The second kappa shape index (κ2) is 11.8. The van der Waals surface area contributed by atoms with Gasteiger partial charge in [-0.15, -0.1) is 0 Å². The van der Waals surface area contributed by atoms with E-state index in [4.69, 9.17) is 21.1 Å². The highest BCUT2D eigenvalue weighted by Gasteiger charge is 2.46. The Hall–Kier alpha value is -3.31. The van der Waals surface area contributed by atoms with Crippen molar-refractivity contribution in [3.05, 3.63) is 47.1 Å². The molecule has 1 aromatic heterocycles. The zero-order valence-corrected chi connectivity index (χ0v) is 23.7. The van der Waals surface area contributed by atoms with E-state index in [1.807, 2.05) is 0 Å². The number of anilines is 2. The molecule has 3 aliphatic heterocycles. The molecular weight excluding hydrogens is 604 g/mol. The first kappa shape index (κ1) is 30.2. The molecule has 1 unspecified atom stereocenters. The zero-order chi connectivity index (χ0) is 30.2. The zero-order valence-electron chi connectivity index (χ0n) is 22.1. The first-order valence-corrected chi connectivity index (χ1v) is 14.8. The number of rotatable bonds is 7. The Morgan fingerprint density at radius 3 is 2.40 bits per heavy atom. The van der Waals surface area contributed by atoms with Crippen molar-refractivity contribution in [3.8, 4) is 0 Å². The molecule has 42 heavy (non-hydrogen) atoms. The van der Waals surface area contributed by atoms with Gasteiger partial charge in [-0.1, -0.05) is 11.6 Å².